The fourth-order valence-electron chi connectivity index (χ4n) is 2.13. The van der Waals surface area contributed by atoms with Crippen molar-refractivity contribution in [3.05, 3.63) is 66.0 Å². The van der Waals surface area contributed by atoms with E-state index in [0.717, 1.165) is 11.3 Å². The molecule has 2 rings (SSSR count). The van der Waals surface area contributed by atoms with E-state index in [0.29, 0.717) is 13.1 Å². The number of ether oxygens (including phenoxy) is 1. The number of aliphatic hydroxyl groups is 1. The zero-order chi connectivity index (χ0) is 15.1. The van der Waals surface area contributed by atoms with Crippen molar-refractivity contribution in [2.45, 2.75) is 12.6 Å². The standard InChI is InChI=1S/C17H20FNO2/c1-19(11-14-6-5-7-15(18)10-14)12-16(20)13-21-17-8-3-2-4-9-17/h2-10,16,20H,11-13H2,1H3. The lowest BCUT2D eigenvalue weighted by Gasteiger charge is -2.21. The van der Waals surface area contributed by atoms with Gasteiger partial charge in [0.2, 0.25) is 0 Å². The summed E-state index contributed by atoms with van der Waals surface area (Å²) in [5, 5.41) is 9.97. The van der Waals surface area contributed by atoms with Crippen LogP contribution < -0.4 is 4.74 Å². The van der Waals surface area contributed by atoms with Crippen LogP contribution in [0, 0.1) is 5.82 Å². The number of para-hydroxylation sites is 1. The molecule has 0 bridgehead atoms. The van der Waals surface area contributed by atoms with Gasteiger partial charge in [-0.3, -0.25) is 4.90 Å². The van der Waals surface area contributed by atoms with Crippen molar-refractivity contribution in [2.24, 2.45) is 0 Å². The van der Waals surface area contributed by atoms with E-state index in [1.165, 1.54) is 12.1 Å². The fourth-order valence-corrected chi connectivity index (χ4v) is 2.13. The van der Waals surface area contributed by atoms with Gasteiger partial charge in [0.25, 0.3) is 0 Å². The maximum atomic E-state index is 13.1. The van der Waals surface area contributed by atoms with Gasteiger partial charge in [-0.15, -0.1) is 0 Å². The van der Waals surface area contributed by atoms with Crippen LogP contribution in [0.25, 0.3) is 0 Å². The predicted octanol–water partition coefficient (Wildman–Crippen LogP) is 2.70. The first kappa shape index (κ1) is 15.5. The normalized spacial score (nSPS) is 12.4. The van der Waals surface area contributed by atoms with Crippen LogP contribution in [0.4, 0.5) is 4.39 Å². The molecule has 1 unspecified atom stereocenters. The van der Waals surface area contributed by atoms with E-state index < -0.39 is 6.10 Å². The third kappa shape index (κ3) is 5.53. The van der Waals surface area contributed by atoms with Crippen molar-refractivity contribution >= 4 is 0 Å². The SMILES string of the molecule is CN(Cc1cccc(F)c1)CC(O)COc1ccccc1. The lowest BCUT2D eigenvalue weighted by atomic mass is 10.2. The minimum absolute atomic E-state index is 0.234. The molecule has 0 spiro atoms. The Kier molecular flexibility index (Phi) is 5.72. The molecular formula is C17H20FNO2. The van der Waals surface area contributed by atoms with Crippen LogP contribution in [0.15, 0.2) is 54.6 Å². The highest BCUT2D eigenvalue weighted by Crippen LogP contribution is 2.10. The second kappa shape index (κ2) is 7.76. The maximum absolute atomic E-state index is 13.1. The van der Waals surface area contributed by atoms with Crippen LogP contribution in [0.5, 0.6) is 5.75 Å². The smallest absolute Gasteiger partial charge is 0.123 e. The summed E-state index contributed by atoms with van der Waals surface area (Å²) in [5.41, 5.74) is 0.883. The van der Waals surface area contributed by atoms with Gasteiger partial charge in [-0.25, -0.2) is 4.39 Å². The summed E-state index contributed by atoms with van der Waals surface area (Å²) in [5.74, 6) is 0.498. The molecule has 4 heteroatoms. The van der Waals surface area contributed by atoms with E-state index in [-0.39, 0.29) is 12.4 Å². The van der Waals surface area contributed by atoms with Gasteiger partial charge in [-0.05, 0) is 36.9 Å². The molecule has 3 nitrogen and oxygen atoms in total. The maximum Gasteiger partial charge on any atom is 0.123 e. The molecule has 112 valence electrons. The van der Waals surface area contributed by atoms with E-state index in [2.05, 4.69) is 0 Å². The molecule has 1 atom stereocenters. The molecule has 0 aliphatic carbocycles. The number of rotatable bonds is 7. The molecule has 0 fully saturated rings. The summed E-state index contributed by atoms with van der Waals surface area (Å²) in [6.45, 7) is 1.28. The Balaban J connectivity index is 1.75. The van der Waals surface area contributed by atoms with Crippen LogP contribution in [0.2, 0.25) is 0 Å². The molecule has 0 aromatic heterocycles. The Bertz CT molecular complexity index is 547. The highest BCUT2D eigenvalue weighted by Gasteiger charge is 2.10. The largest absolute Gasteiger partial charge is 0.491 e. The number of hydrogen-bond donors (Lipinski definition) is 1. The van der Waals surface area contributed by atoms with Gasteiger partial charge in [0.05, 0.1) is 0 Å². The summed E-state index contributed by atoms with van der Waals surface area (Å²) in [6, 6.07) is 15.9. The Morgan fingerprint density at radius 3 is 2.62 bits per heavy atom. The van der Waals surface area contributed by atoms with Crippen LogP contribution in [-0.2, 0) is 6.54 Å². The van der Waals surface area contributed by atoms with Gasteiger partial charge in [0.1, 0.15) is 24.3 Å². The number of hydrogen-bond acceptors (Lipinski definition) is 3. The number of benzene rings is 2. The van der Waals surface area contributed by atoms with Crippen molar-refractivity contribution in [2.75, 3.05) is 20.2 Å². The van der Waals surface area contributed by atoms with Crippen molar-refractivity contribution in [3.63, 3.8) is 0 Å². The molecule has 21 heavy (non-hydrogen) atoms. The first-order valence-electron chi connectivity index (χ1n) is 6.92. The second-order valence-electron chi connectivity index (χ2n) is 5.10. The first-order chi connectivity index (χ1) is 10.1. The molecule has 2 aromatic rings. The Labute approximate surface area is 124 Å². The quantitative estimate of drug-likeness (QED) is 0.850. The van der Waals surface area contributed by atoms with Gasteiger partial charge in [-0.2, -0.15) is 0 Å². The average Bonchev–Trinajstić information content (AvgIpc) is 2.46. The van der Waals surface area contributed by atoms with E-state index in [1.807, 2.05) is 48.3 Å². The van der Waals surface area contributed by atoms with Gasteiger partial charge in [-0.1, -0.05) is 30.3 Å². The molecule has 0 aliphatic rings. The summed E-state index contributed by atoms with van der Waals surface area (Å²) in [6.07, 6.45) is -0.594. The summed E-state index contributed by atoms with van der Waals surface area (Å²) in [4.78, 5) is 1.94. The van der Waals surface area contributed by atoms with Crippen molar-refractivity contribution in [1.29, 1.82) is 0 Å². The molecule has 0 heterocycles. The molecular weight excluding hydrogens is 269 g/mol. The van der Waals surface area contributed by atoms with E-state index in [1.54, 1.807) is 6.07 Å². The van der Waals surface area contributed by atoms with Crippen LogP contribution in [0.1, 0.15) is 5.56 Å². The lowest BCUT2D eigenvalue weighted by Crippen LogP contribution is -2.32. The van der Waals surface area contributed by atoms with Crippen LogP contribution in [-0.4, -0.2) is 36.3 Å². The zero-order valence-electron chi connectivity index (χ0n) is 12.1. The molecule has 0 radical (unpaired) electrons. The summed E-state index contributed by atoms with van der Waals surface area (Å²) in [7, 11) is 1.89. The minimum atomic E-state index is -0.594. The minimum Gasteiger partial charge on any atom is -0.491 e. The molecule has 0 amide bonds. The lowest BCUT2D eigenvalue weighted by molar-refractivity contribution is 0.0744. The summed E-state index contributed by atoms with van der Waals surface area (Å²) >= 11 is 0. The highest BCUT2D eigenvalue weighted by molar-refractivity contribution is 5.21. The zero-order valence-corrected chi connectivity index (χ0v) is 12.1. The topological polar surface area (TPSA) is 32.7 Å². The predicted molar refractivity (Wildman–Crippen MR) is 80.7 cm³/mol. The highest BCUT2D eigenvalue weighted by atomic mass is 19.1. The fraction of sp³-hybridized carbons (Fsp3) is 0.294. The third-order valence-electron chi connectivity index (χ3n) is 3.05. The Hall–Kier alpha value is -1.91. The van der Waals surface area contributed by atoms with E-state index in [4.69, 9.17) is 4.74 Å². The molecule has 0 saturated heterocycles. The molecule has 0 aliphatic heterocycles. The van der Waals surface area contributed by atoms with Gasteiger partial charge < -0.3 is 9.84 Å². The van der Waals surface area contributed by atoms with Gasteiger partial charge in [0.15, 0.2) is 0 Å². The van der Waals surface area contributed by atoms with Crippen molar-refractivity contribution in [1.82, 2.24) is 4.90 Å². The summed E-state index contributed by atoms with van der Waals surface area (Å²) < 4.78 is 18.6. The number of aliphatic hydroxyl groups excluding tert-OH is 1. The average molecular weight is 289 g/mol. The number of likely N-dealkylation sites (N-methyl/N-ethyl adjacent to an activating group) is 1. The number of halogens is 1. The molecule has 1 N–H and O–H groups in total. The van der Waals surface area contributed by atoms with Crippen molar-refractivity contribution < 1.29 is 14.2 Å². The monoisotopic (exact) mass is 289 g/mol. The van der Waals surface area contributed by atoms with Crippen LogP contribution in [0.3, 0.4) is 0 Å². The van der Waals surface area contributed by atoms with Crippen molar-refractivity contribution in [3.8, 4) is 5.75 Å². The Morgan fingerprint density at radius 2 is 1.90 bits per heavy atom. The Morgan fingerprint density at radius 1 is 1.14 bits per heavy atom. The number of nitrogens with zero attached hydrogens (tertiary/aromatic N) is 1. The third-order valence-corrected chi connectivity index (χ3v) is 3.05. The van der Waals surface area contributed by atoms with Gasteiger partial charge >= 0.3 is 0 Å². The van der Waals surface area contributed by atoms with E-state index in [9.17, 15) is 9.50 Å². The van der Waals surface area contributed by atoms with Gasteiger partial charge in [0, 0.05) is 13.1 Å². The molecule has 0 saturated carbocycles. The second-order valence-corrected chi connectivity index (χ2v) is 5.10. The van der Waals surface area contributed by atoms with E-state index >= 15 is 0 Å². The first-order valence-corrected chi connectivity index (χ1v) is 6.92. The molecule has 2 aromatic carbocycles. The van der Waals surface area contributed by atoms with Crippen LogP contribution >= 0.6 is 0 Å².